The number of carbonyl (C=O) groups is 2. The summed E-state index contributed by atoms with van der Waals surface area (Å²) in [5.41, 5.74) is 2.65. The Morgan fingerprint density at radius 1 is 1.00 bits per heavy atom. The lowest BCUT2D eigenvalue weighted by Crippen LogP contribution is -2.42. The van der Waals surface area contributed by atoms with Gasteiger partial charge in [-0.25, -0.2) is 28.5 Å². The van der Waals surface area contributed by atoms with Gasteiger partial charge in [0.05, 0.1) is 19.5 Å². The van der Waals surface area contributed by atoms with Crippen molar-refractivity contribution in [2.45, 2.75) is 50.9 Å². The van der Waals surface area contributed by atoms with E-state index in [1.54, 1.807) is 37.6 Å². The SMILES string of the molecule is COc1ccc(CNC(=O)OCc2ccnc(C(=O)N[C@H]3CCC[C@@H](Nc4nc(-c5c[nH]c6ncc(F)cc56)ncc4F)C3)c2)cc1. The number of aromatic nitrogens is 5. The van der Waals surface area contributed by atoms with Crippen molar-refractivity contribution in [2.24, 2.45) is 0 Å². The number of nitrogens with zero attached hydrogens (tertiary/aromatic N) is 4. The van der Waals surface area contributed by atoms with Crippen molar-refractivity contribution in [3.05, 3.63) is 95.7 Å². The van der Waals surface area contributed by atoms with Gasteiger partial charge in [0.25, 0.3) is 5.91 Å². The average Bonchev–Trinajstić information content (AvgIpc) is 3.51. The molecule has 14 heteroatoms. The number of aromatic amines is 1. The number of benzene rings is 1. The molecular weight excluding hydrogens is 610 g/mol. The Morgan fingerprint density at radius 2 is 1.83 bits per heavy atom. The molecule has 1 aromatic carbocycles. The second kappa shape index (κ2) is 14.2. The highest BCUT2D eigenvalue weighted by molar-refractivity contribution is 5.93. The summed E-state index contributed by atoms with van der Waals surface area (Å²) in [4.78, 5) is 45.0. The van der Waals surface area contributed by atoms with Crippen molar-refractivity contribution in [1.29, 1.82) is 0 Å². The first-order valence-corrected chi connectivity index (χ1v) is 15.1. The van der Waals surface area contributed by atoms with Crippen molar-refractivity contribution in [2.75, 3.05) is 12.4 Å². The van der Waals surface area contributed by atoms with Crippen molar-refractivity contribution in [3.63, 3.8) is 0 Å². The molecule has 4 heterocycles. The Morgan fingerprint density at radius 3 is 2.66 bits per heavy atom. The molecule has 0 aliphatic heterocycles. The van der Waals surface area contributed by atoms with E-state index in [0.717, 1.165) is 43.0 Å². The summed E-state index contributed by atoms with van der Waals surface area (Å²) in [5.74, 6) is -0.528. The lowest BCUT2D eigenvalue weighted by molar-refractivity contribution is 0.0921. The third-order valence-corrected chi connectivity index (χ3v) is 7.86. The highest BCUT2D eigenvalue weighted by Gasteiger charge is 2.26. The predicted octanol–water partition coefficient (Wildman–Crippen LogP) is 5.28. The Bertz CT molecular complexity index is 1880. The van der Waals surface area contributed by atoms with Gasteiger partial charge in [-0.3, -0.25) is 9.78 Å². The summed E-state index contributed by atoms with van der Waals surface area (Å²) in [7, 11) is 1.58. The van der Waals surface area contributed by atoms with E-state index in [2.05, 4.69) is 40.9 Å². The minimum absolute atomic E-state index is 0.0214. The second-order valence-electron chi connectivity index (χ2n) is 11.1. The second-order valence-corrected chi connectivity index (χ2v) is 11.1. The molecule has 1 saturated carbocycles. The molecule has 47 heavy (non-hydrogen) atoms. The topological polar surface area (TPSA) is 156 Å². The smallest absolute Gasteiger partial charge is 0.407 e. The number of carbonyl (C=O) groups excluding carboxylic acids is 2. The molecule has 2 atom stereocenters. The molecule has 2 amide bonds. The van der Waals surface area contributed by atoms with Crippen LogP contribution in [0.25, 0.3) is 22.4 Å². The van der Waals surface area contributed by atoms with E-state index in [1.807, 2.05) is 12.1 Å². The van der Waals surface area contributed by atoms with Gasteiger partial charge < -0.3 is 30.4 Å². The van der Waals surface area contributed by atoms with E-state index >= 15 is 0 Å². The number of ether oxygens (including phenoxy) is 2. The van der Waals surface area contributed by atoms with Crippen molar-refractivity contribution in [1.82, 2.24) is 35.6 Å². The zero-order valence-corrected chi connectivity index (χ0v) is 25.4. The number of halogens is 2. The maximum atomic E-state index is 14.8. The fraction of sp³-hybridized carbons (Fsp3) is 0.273. The number of pyridine rings is 2. The van der Waals surface area contributed by atoms with E-state index in [-0.39, 0.29) is 48.5 Å². The van der Waals surface area contributed by atoms with Crippen LogP contribution in [0.3, 0.4) is 0 Å². The first-order valence-electron chi connectivity index (χ1n) is 15.1. The van der Waals surface area contributed by atoms with Crippen LogP contribution in [0.2, 0.25) is 0 Å². The first-order chi connectivity index (χ1) is 22.8. The number of fused-ring (bicyclic) bond motifs is 1. The van der Waals surface area contributed by atoms with Crippen LogP contribution in [0.1, 0.15) is 47.3 Å². The van der Waals surface area contributed by atoms with E-state index in [4.69, 9.17) is 9.47 Å². The molecule has 0 radical (unpaired) electrons. The largest absolute Gasteiger partial charge is 0.497 e. The van der Waals surface area contributed by atoms with Crippen LogP contribution >= 0.6 is 0 Å². The Labute approximate surface area is 268 Å². The fourth-order valence-electron chi connectivity index (χ4n) is 5.47. The standard InChI is InChI=1S/C33H32F2N8O4/c1-46-24-7-5-19(6-8-24)14-40-33(45)47-18-20-9-10-36-28(11-20)32(44)42-23-4-2-3-22(13-23)41-31-27(35)17-39-30(43-31)26-16-38-29-25(26)12-21(34)15-37-29/h5-12,15-17,22-23H,2-4,13-14,18H2,1H3,(H,37,38)(H,40,45)(H,42,44)(H,39,41,43)/t22-,23+/m1/s1. The predicted molar refractivity (Wildman–Crippen MR) is 168 cm³/mol. The number of anilines is 1. The van der Waals surface area contributed by atoms with Gasteiger partial charge in [0, 0.05) is 42.0 Å². The number of methoxy groups -OCH3 is 1. The number of amides is 2. The molecule has 12 nitrogen and oxygen atoms in total. The zero-order chi connectivity index (χ0) is 32.8. The van der Waals surface area contributed by atoms with Gasteiger partial charge in [-0.05, 0) is 67.1 Å². The van der Waals surface area contributed by atoms with Gasteiger partial charge in [-0.1, -0.05) is 12.1 Å². The average molecular weight is 643 g/mol. The molecule has 242 valence electrons. The fourth-order valence-corrected chi connectivity index (χ4v) is 5.47. The van der Waals surface area contributed by atoms with Gasteiger partial charge in [-0.15, -0.1) is 0 Å². The number of alkyl carbamates (subject to hydrolysis) is 1. The highest BCUT2D eigenvalue weighted by Crippen LogP contribution is 2.28. The third kappa shape index (κ3) is 7.77. The number of rotatable bonds is 10. The molecule has 0 spiro atoms. The van der Waals surface area contributed by atoms with Crippen molar-refractivity contribution >= 4 is 28.9 Å². The normalized spacial score (nSPS) is 16.0. The summed E-state index contributed by atoms with van der Waals surface area (Å²) in [6, 6.07) is 11.5. The van der Waals surface area contributed by atoms with Crippen LogP contribution in [0.15, 0.2) is 67.3 Å². The number of hydrogen-bond donors (Lipinski definition) is 4. The van der Waals surface area contributed by atoms with E-state index in [9.17, 15) is 18.4 Å². The molecule has 5 aromatic rings. The molecule has 6 rings (SSSR count). The van der Waals surface area contributed by atoms with Gasteiger partial charge in [0.1, 0.15) is 29.5 Å². The molecule has 4 aromatic heterocycles. The molecule has 1 aliphatic carbocycles. The summed E-state index contributed by atoms with van der Waals surface area (Å²) < 4.78 is 39.1. The Hall–Kier alpha value is -5.66. The Balaban J connectivity index is 1.02. The molecule has 1 aliphatic rings. The molecule has 0 bridgehead atoms. The number of H-pyrrole nitrogens is 1. The van der Waals surface area contributed by atoms with E-state index in [1.165, 1.54) is 12.3 Å². The van der Waals surface area contributed by atoms with Crippen LogP contribution in [0, 0.1) is 11.6 Å². The van der Waals surface area contributed by atoms with Crippen LogP contribution in [-0.2, 0) is 17.9 Å². The van der Waals surface area contributed by atoms with Crippen molar-refractivity contribution in [3.8, 4) is 17.1 Å². The summed E-state index contributed by atoms with van der Waals surface area (Å²) >= 11 is 0. The summed E-state index contributed by atoms with van der Waals surface area (Å²) in [6.45, 7) is 0.251. The van der Waals surface area contributed by atoms with Crippen molar-refractivity contribution < 1.29 is 27.8 Å². The lowest BCUT2D eigenvalue weighted by atomic mass is 9.91. The minimum atomic E-state index is -0.623. The maximum absolute atomic E-state index is 14.8. The van der Waals surface area contributed by atoms with Gasteiger partial charge in [0.2, 0.25) is 0 Å². The Kier molecular flexibility index (Phi) is 9.46. The van der Waals surface area contributed by atoms with Crippen LogP contribution in [0.4, 0.5) is 19.4 Å². The number of nitrogens with one attached hydrogen (secondary N) is 4. The summed E-state index contributed by atoms with van der Waals surface area (Å²) in [5, 5.41) is 9.36. The van der Waals surface area contributed by atoms with Gasteiger partial charge in [-0.2, -0.15) is 0 Å². The molecular formula is C33H32F2N8O4. The highest BCUT2D eigenvalue weighted by atomic mass is 19.1. The third-order valence-electron chi connectivity index (χ3n) is 7.86. The monoisotopic (exact) mass is 642 g/mol. The van der Waals surface area contributed by atoms with Crippen LogP contribution in [-0.4, -0.2) is 56.1 Å². The molecule has 1 fully saturated rings. The lowest BCUT2D eigenvalue weighted by Gasteiger charge is -2.30. The quantitative estimate of drug-likeness (QED) is 0.159. The molecule has 0 unspecified atom stereocenters. The van der Waals surface area contributed by atoms with E-state index < -0.39 is 17.7 Å². The zero-order valence-electron chi connectivity index (χ0n) is 25.4. The first kappa shape index (κ1) is 31.3. The van der Waals surface area contributed by atoms with Crippen LogP contribution in [0.5, 0.6) is 5.75 Å². The molecule has 4 N–H and O–H groups in total. The summed E-state index contributed by atoms with van der Waals surface area (Å²) in [6.07, 6.45) is 7.50. The minimum Gasteiger partial charge on any atom is -0.497 e. The van der Waals surface area contributed by atoms with Crippen LogP contribution < -0.4 is 20.7 Å². The van der Waals surface area contributed by atoms with Gasteiger partial charge >= 0.3 is 6.09 Å². The maximum Gasteiger partial charge on any atom is 0.407 e. The van der Waals surface area contributed by atoms with Gasteiger partial charge in [0.15, 0.2) is 17.5 Å². The number of hydrogen-bond acceptors (Lipinski definition) is 9. The molecule has 0 saturated heterocycles. The van der Waals surface area contributed by atoms with E-state index in [0.29, 0.717) is 28.6 Å².